The van der Waals surface area contributed by atoms with Gasteiger partial charge in [-0.2, -0.15) is 0 Å². The molecular formula is C17H17Cl3O. The molecule has 2 aromatic carbocycles. The van der Waals surface area contributed by atoms with Gasteiger partial charge in [0, 0.05) is 17.0 Å². The van der Waals surface area contributed by atoms with E-state index in [1.54, 1.807) is 18.2 Å². The van der Waals surface area contributed by atoms with E-state index < -0.39 is 0 Å². The third-order valence-electron chi connectivity index (χ3n) is 3.21. The summed E-state index contributed by atoms with van der Waals surface area (Å²) in [5.41, 5.74) is 2.33. The molecule has 0 spiro atoms. The van der Waals surface area contributed by atoms with Gasteiger partial charge >= 0.3 is 0 Å². The lowest BCUT2D eigenvalue weighted by Gasteiger charge is -2.20. The number of benzene rings is 2. The Bertz CT molecular complexity index is 581. The van der Waals surface area contributed by atoms with E-state index in [1.807, 2.05) is 0 Å². The number of ether oxygens (including phenoxy) is 1. The predicted molar refractivity (Wildman–Crippen MR) is 91.0 cm³/mol. The van der Waals surface area contributed by atoms with Crippen LogP contribution in [0.3, 0.4) is 0 Å². The van der Waals surface area contributed by atoms with E-state index in [4.69, 9.17) is 39.5 Å². The topological polar surface area (TPSA) is 9.23 Å². The predicted octanol–water partition coefficient (Wildman–Crippen LogP) is 6.44. The van der Waals surface area contributed by atoms with Gasteiger partial charge in [0.05, 0.1) is 5.02 Å². The highest BCUT2D eigenvalue weighted by molar-refractivity contribution is 6.34. The second-order valence-corrected chi connectivity index (χ2v) is 6.14. The third kappa shape index (κ3) is 4.81. The third-order valence-corrected chi connectivity index (χ3v) is 4.03. The monoisotopic (exact) mass is 342 g/mol. The van der Waals surface area contributed by atoms with Crippen molar-refractivity contribution >= 4 is 34.8 Å². The highest BCUT2D eigenvalue weighted by atomic mass is 35.5. The van der Waals surface area contributed by atoms with Gasteiger partial charge in [-0.05, 0) is 37.5 Å². The minimum Gasteiger partial charge on any atom is -0.484 e. The molecule has 0 N–H and O–H groups in total. The SMILES string of the molecule is Cc1ccc([C@@H](CCCCl)Oc2cc(Cl)ccc2Cl)cc1. The summed E-state index contributed by atoms with van der Waals surface area (Å²) in [6, 6.07) is 13.5. The minimum absolute atomic E-state index is 0.0830. The lowest BCUT2D eigenvalue weighted by Crippen LogP contribution is -2.08. The summed E-state index contributed by atoms with van der Waals surface area (Å²) in [5.74, 6) is 1.21. The average Bonchev–Trinajstić information content (AvgIpc) is 2.48. The Kier molecular flexibility index (Phi) is 6.22. The van der Waals surface area contributed by atoms with Crippen LogP contribution < -0.4 is 4.74 Å². The van der Waals surface area contributed by atoms with E-state index in [0.717, 1.165) is 18.4 Å². The highest BCUT2D eigenvalue weighted by Gasteiger charge is 2.15. The molecule has 0 aliphatic carbocycles. The normalized spacial score (nSPS) is 12.2. The molecule has 0 radical (unpaired) electrons. The molecule has 4 heteroatoms. The first-order valence-corrected chi connectivity index (χ1v) is 8.13. The molecule has 0 aliphatic rings. The van der Waals surface area contributed by atoms with Crippen molar-refractivity contribution in [2.24, 2.45) is 0 Å². The second kappa shape index (κ2) is 7.93. The molecule has 0 aromatic heterocycles. The van der Waals surface area contributed by atoms with E-state index in [9.17, 15) is 0 Å². The van der Waals surface area contributed by atoms with Crippen LogP contribution in [0.25, 0.3) is 0 Å². The van der Waals surface area contributed by atoms with Crippen molar-refractivity contribution in [1.29, 1.82) is 0 Å². The van der Waals surface area contributed by atoms with Gasteiger partial charge in [0.25, 0.3) is 0 Å². The summed E-state index contributed by atoms with van der Waals surface area (Å²) in [5, 5.41) is 1.16. The fourth-order valence-electron chi connectivity index (χ4n) is 2.06. The van der Waals surface area contributed by atoms with Crippen molar-refractivity contribution in [3.05, 3.63) is 63.6 Å². The van der Waals surface area contributed by atoms with Crippen LogP contribution >= 0.6 is 34.8 Å². The number of hydrogen-bond acceptors (Lipinski definition) is 1. The zero-order valence-electron chi connectivity index (χ0n) is 11.8. The van der Waals surface area contributed by atoms with Gasteiger partial charge in [0.1, 0.15) is 11.9 Å². The molecular weight excluding hydrogens is 327 g/mol. The fraction of sp³-hybridized carbons (Fsp3) is 0.294. The van der Waals surface area contributed by atoms with Gasteiger partial charge in [-0.15, -0.1) is 11.6 Å². The van der Waals surface area contributed by atoms with E-state index in [1.165, 1.54) is 5.56 Å². The summed E-state index contributed by atoms with van der Waals surface area (Å²) >= 11 is 18.0. The molecule has 0 fully saturated rings. The van der Waals surface area contributed by atoms with Gasteiger partial charge in [-0.1, -0.05) is 53.0 Å². The zero-order chi connectivity index (χ0) is 15.2. The molecule has 112 valence electrons. The first-order chi connectivity index (χ1) is 10.1. The Hall–Kier alpha value is -0.890. The molecule has 0 aliphatic heterocycles. The van der Waals surface area contributed by atoms with Crippen molar-refractivity contribution in [2.75, 3.05) is 5.88 Å². The van der Waals surface area contributed by atoms with Crippen molar-refractivity contribution < 1.29 is 4.74 Å². The van der Waals surface area contributed by atoms with Crippen molar-refractivity contribution in [1.82, 2.24) is 0 Å². The Balaban J connectivity index is 2.23. The Morgan fingerprint density at radius 3 is 2.43 bits per heavy atom. The summed E-state index contributed by atoms with van der Waals surface area (Å²) in [7, 11) is 0. The molecule has 1 nitrogen and oxygen atoms in total. The number of rotatable bonds is 6. The Morgan fingerprint density at radius 2 is 1.76 bits per heavy atom. The first-order valence-electron chi connectivity index (χ1n) is 6.84. The lowest BCUT2D eigenvalue weighted by atomic mass is 10.0. The summed E-state index contributed by atoms with van der Waals surface area (Å²) < 4.78 is 6.08. The van der Waals surface area contributed by atoms with Crippen LogP contribution in [0.1, 0.15) is 30.1 Å². The molecule has 0 bridgehead atoms. The van der Waals surface area contributed by atoms with E-state index in [2.05, 4.69) is 31.2 Å². The standard InChI is InChI=1S/C17H17Cl3O/c1-12-4-6-13(7-5-12)16(3-2-10-18)21-17-11-14(19)8-9-15(17)20/h4-9,11,16H,2-3,10H2,1H3/t16-/m1/s1. The molecule has 0 amide bonds. The minimum atomic E-state index is -0.0830. The Morgan fingerprint density at radius 1 is 1.05 bits per heavy atom. The zero-order valence-corrected chi connectivity index (χ0v) is 14.1. The van der Waals surface area contributed by atoms with Crippen LogP contribution in [-0.2, 0) is 0 Å². The number of aryl methyl sites for hydroxylation is 1. The summed E-state index contributed by atoms with van der Waals surface area (Å²) in [6.07, 6.45) is 1.62. The van der Waals surface area contributed by atoms with E-state index in [0.29, 0.717) is 21.7 Å². The van der Waals surface area contributed by atoms with Crippen molar-refractivity contribution in [2.45, 2.75) is 25.9 Å². The smallest absolute Gasteiger partial charge is 0.140 e. The first kappa shape index (κ1) is 16.5. The molecule has 0 heterocycles. The van der Waals surface area contributed by atoms with Crippen LogP contribution in [0, 0.1) is 6.92 Å². The molecule has 0 saturated carbocycles. The highest BCUT2D eigenvalue weighted by Crippen LogP contribution is 2.33. The van der Waals surface area contributed by atoms with E-state index >= 15 is 0 Å². The van der Waals surface area contributed by atoms with Gasteiger partial charge in [-0.3, -0.25) is 0 Å². The largest absolute Gasteiger partial charge is 0.484 e. The number of halogens is 3. The van der Waals surface area contributed by atoms with Crippen LogP contribution in [-0.4, -0.2) is 5.88 Å². The average molecular weight is 344 g/mol. The van der Waals surface area contributed by atoms with Gasteiger partial charge in [0.2, 0.25) is 0 Å². The van der Waals surface area contributed by atoms with Gasteiger partial charge in [-0.25, -0.2) is 0 Å². The maximum Gasteiger partial charge on any atom is 0.140 e. The van der Waals surface area contributed by atoms with Gasteiger partial charge < -0.3 is 4.74 Å². The molecule has 1 atom stereocenters. The Labute approximate surface area is 140 Å². The summed E-state index contributed by atoms with van der Waals surface area (Å²) in [4.78, 5) is 0. The lowest BCUT2D eigenvalue weighted by molar-refractivity contribution is 0.194. The van der Waals surface area contributed by atoms with Crippen molar-refractivity contribution in [3.8, 4) is 5.75 Å². The van der Waals surface area contributed by atoms with E-state index in [-0.39, 0.29) is 6.10 Å². The van der Waals surface area contributed by atoms with Crippen LogP contribution in [0.5, 0.6) is 5.75 Å². The summed E-state index contributed by atoms with van der Waals surface area (Å²) in [6.45, 7) is 2.06. The number of hydrogen-bond donors (Lipinski definition) is 0. The number of alkyl halides is 1. The van der Waals surface area contributed by atoms with Crippen LogP contribution in [0.2, 0.25) is 10.0 Å². The second-order valence-electron chi connectivity index (χ2n) is 4.92. The maximum atomic E-state index is 6.18. The molecule has 21 heavy (non-hydrogen) atoms. The molecule has 0 saturated heterocycles. The van der Waals surface area contributed by atoms with Crippen LogP contribution in [0.15, 0.2) is 42.5 Å². The molecule has 2 rings (SSSR count). The fourth-order valence-corrected chi connectivity index (χ4v) is 2.54. The molecule has 0 unspecified atom stereocenters. The quantitative estimate of drug-likeness (QED) is 0.548. The molecule has 2 aromatic rings. The van der Waals surface area contributed by atoms with Gasteiger partial charge in [0.15, 0.2) is 0 Å². The maximum absolute atomic E-state index is 6.18. The van der Waals surface area contributed by atoms with Crippen LogP contribution in [0.4, 0.5) is 0 Å². The van der Waals surface area contributed by atoms with Crippen molar-refractivity contribution in [3.63, 3.8) is 0 Å².